The number of anilines is 2. The Morgan fingerprint density at radius 1 is 1.47 bits per heavy atom. The molecule has 4 N–H and O–H groups in total. The molecule has 19 heavy (non-hydrogen) atoms. The number of nitrogens with two attached hydrogens (primary N) is 1. The van der Waals surface area contributed by atoms with Crippen molar-refractivity contribution < 1.29 is 0 Å². The molecule has 1 aliphatic rings. The van der Waals surface area contributed by atoms with Gasteiger partial charge in [-0.2, -0.15) is 9.94 Å². The molecular formula is C11H12N8. The van der Waals surface area contributed by atoms with E-state index in [1.165, 1.54) is 4.68 Å². The zero-order valence-electron chi connectivity index (χ0n) is 10.0. The van der Waals surface area contributed by atoms with Crippen molar-refractivity contribution >= 4 is 11.6 Å². The number of nitrogens with zero attached hydrogens (tertiary/aromatic N) is 5. The first-order valence-corrected chi connectivity index (χ1v) is 5.82. The van der Waals surface area contributed by atoms with Crippen LogP contribution in [0.15, 0.2) is 18.6 Å². The molecular weight excluding hydrogens is 244 g/mol. The summed E-state index contributed by atoms with van der Waals surface area (Å²) < 4.78 is 1.42. The second-order valence-electron chi connectivity index (χ2n) is 4.20. The van der Waals surface area contributed by atoms with Gasteiger partial charge in [-0.1, -0.05) is 0 Å². The lowest BCUT2D eigenvalue weighted by Crippen LogP contribution is -2.51. The van der Waals surface area contributed by atoms with Crippen molar-refractivity contribution in [3.05, 3.63) is 24.2 Å². The highest BCUT2D eigenvalue weighted by Gasteiger charge is 2.22. The van der Waals surface area contributed by atoms with Crippen LogP contribution in [0.2, 0.25) is 0 Å². The average molecular weight is 256 g/mol. The number of rotatable bonds is 3. The molecule has 3 rings (SSSR count). The van der Waals surface area contributed by atoms with E-state index in [9.17, 15) is 5.26 Å². The predicted molar refractivity (Wildman–Crippen MR) is 68.6 cm³/mol. The molecule has 96 valence electrons. The minimum absolute atomic E-state index is 0.262. The number of nitrogens with one attached hydrogen (secondary N) is 2. The standard InChI is InChI=1S/C11H12N8/c12-3-8-10(13)19(9-6-14-1-2-16-9)18-11(8)17-7-4-15-5-7/h1-2,6-7,15H,4-5,13H2,(H,17,18). The highest BCUT2D eigenvalue weighted by atomic mass is 15.4. The number of nitriles is 1. The van der Waals surface area contributed by atoms with Crippen LogP contribution in [0.5, 0.6) is 0 Å². The average Bonchev–Trinajstić information content (AvgIpc) is 2.71. The van der Waals surface area contributed by atoms with E-state index in [1.54, 1.807) is 18.6 Å². The molecule has 0 saturated carbocycles. The van der Waals surface area contributed by atoms with Crippen LogP contribution in [-0.2, 0) is 0 Å². The summed E-state index contributed by atoms with van der Waals surface area (Å²) in [6, 6.07) is 2.34. The first-order valence-electron chi connectivity index (χ1n) is 5.82. The maximum atomic E-state index is 9.19. The molecule has 0 bridgehead atoms. The van der Waals surface area contributed by atoms with Gasteiger partial charge in [0.15, 0.2) is 11.6 Å². The van der Waals surface area contributed by atoms with Crippen molar-refractivity contribution in [2.75, 3.05) is 24.1 Å². The molecule has 2 aromatic heterocycles. The first kappa shape index (κ1) is 11.4. The van der Waals surface area contributed by atoms with Gasteiger partial charge in [0.2, 0.25) is 0 Å². The Hall–Kier alpha value is -2.66. The predicted octanol–water partition coefficient (Wildman–Crippen LogP) is -0.500. The summed E-state index contributed by atoms with van der Waals surface area (Å²) in [4.78, 5) is 8.08. The van der Waals surface area contributed by atoms with Crippen molar-refractivity contribution in [3.8, 4) is 11.9 Å². The van der Waals surface area contributed by atoms with Crippen LogP contribution in [-0.4, -0.2) is 38.9 Å². The number of aromatic nitrogens is 4. The molecule has 0 aromatic carbocycles. The first-order chi connectivity index (χ1) is 9.29. The van der Waals surface area contributed by atoms with Crippen molar-refractivity contribution in [3.63, 3.8) is 0 Å². The minimum atomic E-state index is 0.262. The SMILES string of the molecule is N#Cc1c(NC2CNC2)nn(-c2cnccn2)c1N. The van der Waals surface area contributed by atoms with E-state index < -0.39 is 0 Å². The van der Waals surface area contributed by atoms with Gasteiger partial charge >= 0.3 is 0 Å². The van der Waals surface area contributed by atoms with Crippen LogP contribution in [0.3, 0.4) is 0 Å². The van der Waals surface area contributed by atoms with Crippen LogP contribution in [0, 0.1) is 11.3 Å². The molecule has 0 unspecified atom stereocenters. The molecule has 1 fully saturated rings. The Labute approximate surface area is 109 Å². The van der Waals surface area contributed by atoms with Gasteiger partial charge in [0.1, 0.15) is 17.5 Å². The summed E-state index contributed by atoms with van der Waals surface area (Å²) in [6.45, 7) is 1.70. The minimum Gasteiger partial charge on any atom is -0.382 e. The van der Waals surface area contributed by atoms with Crippen molar-refractivity contribution in [1.29, 1.82) is 5.26 Å². The van der Waals surface area contributed by atoms with Crippen LogP contribution in [0.25, 0.3) is 5.82 Å². The smallest absolute Gasteiger partial charge is 0.174 e. The molecule has 0 amide bonds. The van der Waals surface area contributed by atoms with Gasteiger partial charge in [0.25, 0.3) is 0 Å². The molecule has 8 heteroatoms. The third-order valence-electron chi connectivity index (χ3n) is 2.92. The Morgan fingerprint density at radius 2 is 2.32 bits per heavy atom. The lowest BCUT2D eigenvalue weighted by molar-refractivity contribution is 0.470. The van der Waals surface area contributed by atoms with Crippen LogP contribution in [0.4, 0.5) is 11.6 Å². The Balaban J connectivity index is 1.99. The summed E-state index contributed by atoms with van der Waals surface area (Å²) >= 11 is 0. The van der Waals surface area contributed by atoms with Gasteiger partial charge in [-0.3, -0.25) is 4.98 Å². The van der Waals surface area contributed by atoms with E-state index in [0.717, 1.165) is 13.1 Å². The molecule has 1 saturated heterocycles. The van der Waals surface area contributed by atoms with Crippen molar-refractivity contribution in [1.82, 2.24) is 25.1 Å². The van der Waals surface area contributed by atoms with E-state index in [-0.39, 0.29) is 11.9 Å². The van der Waals surface area contributed by atoms with Gasteiger partial charge < -0.3 is 16.4 Å². The largest absolute Gasteiger partial charge is 0.382 e. The highest BCUT2D eigenvalue weighted by molar-refractivity contribution is 5.65. The van der Waals surface area contributed by atoms with Gasteiger partial charge in [0, 0.05) is 25.5 Å². The maximum Gasteiger partial charge on any atom is 0.174 e. The van der Waals surface area contributed by atoms with Crippen molar-refractivity contribution in [2.24, 2.45) is 0 Å². The normalized spacial score (nSPS) is 14.7. The van der Waals surface area contributed by atoms with Crippen LogP contribution < -0.4 is 16.4 Å². The topological polar surface area (TPSA) is 117 Å². The zero-order chi connectivity index (χ0) is 13.2. The number of hydrogen-bond donors (Lipinski definition) is 3. The Kier molecular flexibility index (Phi) is 2.74. The molecule has 0 spiro atoms. The van der Waals surface area contributed by atoms with Gasteiger partial charge in [-0.25, -0.2) is 4.98 Å². The molecule has 3 heterocycles. The summed E-state index contributed by atoms with van der Waals surface area (Å²) in [6.07, 6.45) is 4.65. The third kappa shape index (κ3) is 1.96. The summed E-state index contributed by atoms with van der Waals surface area (Å²) in [5, 5.41) is 19.8. The van der Waals surface area contributed by atoms with E-state index >= 15 is 0 Å². The van der Waals surface area contributed by atoms with Gasteiger partial charge in [-0.15, -0.1) is 5.10 Å². The molecule has 0 aliphatic carbocycles. The quantitative estimate of drug-likeness (QED) is 0.677. The molecule has 2 aromatic rings. The van der Waals surface area contributed by atoms with Gasteiger partial charge in [0.05, 0.1) is 12.2 Å². The number of hydrogen-bond acceptors (Lipinski definition) is 7. The van der Waals surface area contributed by atoms with Crippen LogP contribution in [0.1, 0.15) is 5.56 Å². The second kappa shape index (κ2) is 4.55. The third-order valence-corrected chi connectivity index (χ3v) is 2.92. The van der Waals surface area contributed by atoms with E-state index in [4.69, 9.17) is 5.73 Å². The fourth-order valence-corrected chi connectivity index (χ4v) is 1.80. The van der Waals surface area contributed by atoms with Crippen LogP contribution >= 0.6 is 0 Å². The number of nitrogen functional groups attached to an aromatic ring is 1. The van der Waals surface area contributed by atoms with E-state index in [0.29, 0.717) is 17.2 Å². The van der Waals surface area contributed by atoms with Crippen molar-refractivity contribution in [2.45, 2.75) is 6.04 Å². The zero-order valence-corrected chi connectivity index (χ0v) is 10.0. The molecule has 8 nitrogen and oxygen atoms in total. The lowest BCUT2D eigenvalue weighted by Gasteiger charge is -2.27. The Bertz CT molecular complexity index is 622. The fraction of sp³-hybridized carbons (Fsp3) is 0.273. The molecule has 0 atom stereocenters. The molecule has 1 aliphatic heterocycles. The molecule has 0 radical (unpaired) electrons. The highest BCUT2D eigenvalue weighted by Crippen LogP contribution is 2.23. The fourth-order valence-electron chi connectivity index (χ4n) is 1.80. The second-order valence-corrected chi connectivity index (χ2v) is 4.20. The summed E-state index contributed by atoms with van der Waals surface area (Å²) in [7, 11) is 0. The summed E-state index contributed by atoms with van der Waals surface area (Å²) in [5.41, 5.74) is 6.27. The van der Waals surface area contributed by atoms with E-state index in [1.807, 2.05) is 0 Å². The van der Waals surface area contributed by atoms with E-state index in [2.05, 4.69) is 31.8 Å². The Morgan fingerprint density at radius 3 is 2.89 bits per heavy atom. The van der Waals surface area contributed by atoms with Gasteiger partial charge in [-0.05, 0) is 0 Å². The monoisotopic (exact) mass is 256 g/mol. The maximum absolute atomic E-state index is 9.19. The lowest BCUT2D eigenvalue weighted by atomic mass is 10.2. The summed E-state index contributed by atoms with van der Waals surface area (Å²) in [5.74, 6) is 1.23.